The van der Waals surface area contributed by atoms with Crippen LogP contribution in [0.1, 0.15) is 46.7 Å². The molecule has 0 saturated heterocycles. The summed E-state index contributed by atoms with van der Waals surface area (Å²) >= 11 is 1.58. The molecule has 1 heterocycles. The van der Waals surface area contributed by atoms with Gasteiger partial charge in [-0.2, -0.15) is 0 Å². The number of carbonyl (C=O) groups is 1. The highest BCUT2D eigenvalue weighted by Gasteiger charge is 2.23. The fraction of sp³-hybridized carbons (Fsp3) is 0.444. The minimum atomic E-state index is -3.60. The molecule has 1 aliphatic rings. The summed E-state index contributed by atoms with van der Waals surface area (Å²) in [6, 6.07) is 6.17. The predicted molar refractivity (Wildman–Crippen MR) is 102 cm³/mol. The highest BCUT2D eigenvalue weighted by molar-refractivity contribution is 7.89. The Hall–Kier alpha value is -1.77. The van der Waals surface area contributed by atoms with Crippen molar-refractivity contribution < 1.29 is 13.2 Å². The number of carbonyl (C=O) groups excluding carboxylic acids is 1. The van der Waals surface area contributed by atoms with Gasteiger partial charge in [-0.25, -0.2) is 18.1 Å². The lowest BCUT2D eigenvalue weighted by atomic mass is 10.2. The van der Waals surface area contributed by atoms with Crippen molar-refractivity contribution in [2.75, 3.05) is 6.54 Å². The molecule has 2 aromatic rings. The molecular weight excluding hydrogens is 370 g/mol. The number of sulfonamides is 1. The number of rotatable bonds is 7. The second-order valence-corrected chi connectivity index (χ2v) is 9.27. The van der Waals surface area contributed by atoms with E-state index in [1.54, 1.807) is 23.5 Å². The Balaban J connectivity index is 1.61. The van der Waals surface area contributed by atoms with Gasteiger partial charge in [-0.1, -0.05) is 18.9 Å². The minimum Gasteiger partial charge on any atom is -0.352 e. The number of nitrogens with zero attached hydrogens (tertiary/aromatic N) is 1. The van der Waals surface area contributed by atoms with E-state index in [-0.39, 0.29) is 16.8 Å². The lowest BCUT2D eigenvalue weighted by Crippen LogP contribution is -2.33. The molecule has 0 atom stereocenters. The Labute approximate surface area is 158 Å². The predicted octanol–water partition coefficient (Wildman–Crippen LogP) is 2.64. The molecule has 6 nitrogen and oxygen atoms in total. The number of hydrogen-bond acceptors (Lipinski definition) is 5. The first-order valence-electron chi connectivity index (χ1n) is 8.76. The third-order valence-electron chi connectivity index (χ3n) is 4.42. The zero-order valence-electron chi connectivity index (χ0n) is 14.7. The molecule has 0 unspecified atom stereocenters. The van der Waals surface area contributed by atoms with E-state index in [0.717, 1.165) is 36.4 Å². The van der Waals surface area contributed by atoms with Gasteiger partial charge in [0.2, 0.25) is 10.0 Å². The van der Waals surface area contributed by atoms with Crippen LogP contribution >= 0.6 is 11.3 Å². The fourth-order valence-electron chi connectivity index (χ4n) is 3.06. The van der Waals surface area contributed by atoms with Gasteiger partial charge < -0.3 is 5.32 Å². The van der Waals surface area contributed by atoms with Crippen LogP contribution in [-0.2, 0) is 16.4 Å². The van der Waals surface area contributed by atoms with E-state index >= 15 is 0 Å². The average Bonchev–Trinajstić information content (AvgIpc) is 3.26. The maximum absolute atomic E-state index is 12.5. The lowest BCUT2D eigenvalue weighted by molar-refractivity contribution is 0.0954. The lowest BCUT2D eigenvalue weighted by Gasteiger charge is -2.13. The van der Waals surface area contributed by atoms with Gasteiger partial charge in [0.05, 0.1) is 15.6 Å². The Morgan fingerprint density at radius 3 is 2.77 bits per heavy atom. The van der Waals surface area contributed by atoms with Crippen molar-refractivity contribution in [2.45, 2.75) is 50.0 Å². The molecule has 26 heavy (non-hydrogen) atoms. The maximum Gasteiger partial charge on any atom is 0.251 e. The van der Waals surface area contributed by atoms with Crippen LogP contribution in [0.15, 0.2) is 34.5 Å². The molecule has 0 spiro atoms. The highest BCUT2D eigenvalue weighted by Crippen LogP contribution is 2.20. The fourth-order valence-corrected chi connectivity index (χ4v) is 5.06. The number of thiazole rings is 1. The van der Waals surface area contributed by atoms with Crippen LogP contribution in [0.2, 0.25) is 0 Å². The summed E-state index contributed by atoms with van der Waals surface area (Å²) in [6.07, 6.45) is 4.49. The summed E-state index contributed by atoms with van der Waals surface area (Å²) in [5, 5.41) is 5.79. The van der Waals surface area contributed by atoms with Gasteiger partial charge in [-0.3, -0.25) is 4.79 Å². The van der Waals surface area contributed by atoms with E-state index in [2.05, 4.69) is 15.0 Å². The molecule has 0 bridgehead atoms. The van der Waals surface area contributed by atoms with E-state index in [1.807, 2.05) is 12.3 Å². The molecule has 8 heteroatoms. The highest BCUT2D eigenvalue weighted by atomic mass is 32.2. The van der Waals surface area contributed by atoms with E-state index < -0.39 is 10.0 Å². The molecule has 1 fully saturated rings. The molecule has 1 aromatic heterocycles. The summed E-state index contributed by atoms with van der Waals surface area (Å²) < 4.78 is 27.8. The van der Waals surface area contributed by atoms with E-state index in [4.69, 9.17) is 0 Å². The SMILES string of the molecule is Cc1nc(CCNC(=O)c2cccc(S(=O)(=O)NC3CCCC3)c2)cs1. The van der Waals surface area contributed by atoms with E-state index in [9.17, 15) is 13.2 Å². The Morgan fingerprint density at radius 2 is 2.08 bits per heavy atom. The van der Waals surface area contributed by atoms with Gasteiger partial charge in [0, 0.05) is 30.0 Å². The van der Waals surface area contributed by atoms with Gasteiger partial charge in [-0.15, -0.1) is 11.3 Å². The van der Waals surface area contributed by atoms with Gasteiger partial charge >= 0.3 is 0 Å². The summed E-state index contributed by atoms with van der Waals surface area (Å²) in [6.45, 7) is 2.40. The molecule has 140 valence electrons. The summed E-state index contributed by atoms with van der Waals surface area (Å²) in [5.74, 6) is -0.283. The standard InChI is InChI=1S/C18H23N3O3S2/c1-13-20-16(12-25-13)9-10-19-18(22)14-5-4-8-17(11-14)26(23,24)21-15-6-2-3-7-15/h4-5,8,11-12,15,21H,2-3,6-7,9-10H2,1H3,(H,19,22). The zero-order valence-corrected chi connectivity index (χ0v) is 16.3. The molecule has 1 aliphatic carbocycles. The number of aryl methyl sites for hydroxylation is 1. The first-order chi connectivity index (χ1) is 12.4. The number of aromatic nitrogens is 1. The van der Waals surface area contributed by atoms with Gasteiger partial charge in [0.25, 0.3) is 5.91 Å². The molecule has 0 aliphatic heterocycles. The molecule has 1 saturated carbocycles. The van der Waals surface area contributed by atoms with Crippen LogP contribution in [-0.4, -0.2) is 31.9 Å². The van der Waals surface area contributed by atoms with Crippen molar-refractivity contribution in [3.8, 4) is 0 Å². The van der Waals surface area contributed by atoms with E-state index in [1.165, 1.54) is 12.1 Å². The molecule has 0 radical (unpaired) electrons. The van der Waals surface area contributed by atoms with Crippen LogP contribution < -0.4 is 10.0 Å². The van der Waals surface area contributed by atoms with Gasteiger partial charge in [0.15, 0.2) is 0 Å². The first-order valence-corrected chi connectivity index (χ1v) is 11.1. The monoisotopic (exact) mass is 393 g/mol. The molecular formula is C18H23N3O3S2. The number of hydrogen-bond donors (Lipinski definition) is 2. The quantitative estimate of drug-likeness (QED) is 0.757. The minimum absolute atomic E-state index is 0.000879. The molecule has 1 aromatic carbocycles. The van der Waals surface area contributed by atoms with Gasteiger partial charge in [0.1, 0.15) is 0 Å². The van der Waals surface area contributed by atoms with Crippen LogP contribution in [0.5, 0.6) is 0 Å². The molecule has 3 rings (SSSR count). The smallest absolute Gasteiger partial charge is 0.251 e. The number of nitrogens with one attached hydrogen (secondary N) is 2. The van der Waals surface area contributed by atoms with Crippen molar-refractivity contribution in [3.63, 3.8) is 0 Å². The van der Waals surface area contributed by atoms with Crippen LogP contribution in [0.25, 0.3) is 0 Å². The third kappa shape index (κ3) is 4.90. The Kier molecular flexibility index (Phi) is 6.05. The zero-order chi connectivity index (χ0) is 18.6. The Bertz CT molecular complexity index is 871. The third-order valence-corrected chi connectivity index (χ3v) is 6.76. The van der Waals surface area contributed by atoms with E-state index in [0.29, 0.717) is 18.5 Å². The van der Waals surface area contributed by atoms with Crippen molar-refractivity contribution in [1.82, 2.24) is 15.0 Å². The van der Waals surface area contributed by atoms with Crippen LogP contribution in [0, 0.1) is 6.92 Å². The number of benzene rings is 1. The summed E-state index contributed by atoms with van der Waals surface area (Å²) in [7, 11) is -3.60. The summed E-state index contributed by atoms with van der Waals surface area (Å²) in [4.78, 5) is 16.8. The molecule has 1 amide bonds. The molecule has 2 N–H and O–H groups in total. The largest absolute Gasteiger partial charge is 0.352 e. The Morgan fingerprint density at radius 1 is 1.31 bits per heavy atom. The van der Waals surface area contributed by atoms with Crippen molar-refractivity contribution in [1.29, 1.82) is 0 Å². The van der Waals surface area contributed by atoms with Crippen molar-refractivity contribution >= 4 is 27.3 Å². The second-order valence-electron chi connectivity index (χ2n) is 6.49. The average molecular weight is 394 g/mol. The normalized spacial score (nSPS) is 15.3. The van der Waals surface area contributed by atoms with Crippen LogP contribution in [0.4, 0.5) is 0 Å². The maximum atomic E-state index is 12.5. The first kappa shape index (κ1) is 19.0. The van der Waals surface area contributed by atoms with Crippen LogP contribution in [0.3, 0.4) is 0 Å². The van der Waals surface area contributed by atoms with Gasteiger partial charge in [-0.05, 0) is 38.0 Å². The van der Waals surface area contributed by atoms with Crippen molar-refractivity contribution in [2.24, 2.45) is 0 Å². The topological polar surface area (TPSA) is 88.2 Å². The number of amides is 1. The summed E-state index contributed by atoms with van der Waals surface area (Å²) in [5.41, 5.74) is 1.29. The van der Waals surface area contributed by atoms with Crippen molar-refractivity contribution in [3.05, 3.63) is 45.9 Å². The second kappa shape index (κ2) is 8.28.